The van der Waals surface area contributed by atoms with Crippen LogP contribution < -0.4 is 10.2 Å². The Morgan fingerprint density at radius 3 is 2.76 bits per heavy atom. The van der Waals surface area contributed by atoms with E-state index in [0.29, 0.717) is 12.1 Å². The third-order valence-corrected chi connectivity index (χ3v) is 3.31. The fourth-order valence-electron chi connectivity index (χ4n) is 2.45. The van der Waals surface area contributed by atoms with E-state index in [1.54, 1.807) is 6.07 Å². The summed E-state index contributed by atoms with van der Waals surface area (Å²) in [5, 5.41) is 2.88. The molecular formula is C16H22N2O3. The lowest BCUT2D eigenvalue weighted by atomic mass is 10.2. The molecule has 0 saturated carbocycles. The van der Waals surface area contributed by atoms with Crippen molar-refractivity contribution in [3.8, 4) is 0 Å². The first kappa shape index (κ1) is 15.4. The predicted octanol–water partition coefficient (Wildman–Crippen LogP) is 2.60. The van der Waals surface area contributed by atoms with Crippen LogP contribution in [0.2, 0.25) is 0 Å². The van der Waals surface area contributed by atoms with Crippen LogP contribution in [0.5, 0.6) is 0 Å². The summed E-state index contributed by atoms with van der Waals surface area (Å²) in [6.07, 6.45) is 1.31. The number of carbonyl (C=O) groups excluding carboxylic acids is 2. The van der Waals surface area contributed by atoms with Gasteiger partial charge in [0.2, 0.25) is 0 Å². The maximum Gasteiger partial charge on any atom is 0.407 e. The molecule has 5 nitrogen and oxygen atoms in total. The summed E-state index contributed by atoms with van der Waals surface area (Å²) >= 11 is 0. The van der Waals surface area contributed by atoms with E-state index < -0.39 is 11.7 Å². The number of amides is 1. The summed E-state index contributed by atoms with van der Waals surface area (Å²) in [6, 6.07) is 7.53. The number of aldehydes is 1. The van der Waals surface area contributed by atoms with Crippen LogP contribution in [0.4, 0.5) is 10.5 Å². The van der Waals surface area contributed by atoms with E-state index in [1.807, 2.05) is 39.0 Å². The Balaban J connectivity index is 1.95. The molecule has 1 aliphatic rings. The van der Waals surface area contributed by atoms with Crippen molar-refractivity contribution in [2.75, 3.05) is 18.0 Å². The summed E-state index contributed by atoms with van der Waals surface area (Å²) in [6.45, 7) is 7.02. The van der Waals surface area contributed by atoms with Gasteiger partial charge in [-0.15, -0.1) is 0 Å². The van der Waals surface area contributed by atoms with Gasteiger partial charge in [0, 0.05) is 24.3 Å². The molecule has 114 valence electrons. The molecule has 1 saturated heterocycles. The van der Waals surface area contributed by atoms with Crippen molar-refractivity contribution < 1.29 is 14.3 Å². The molecule has 1 N–H and O–H groups in total. The highest BCUT2D eigenvalue weighted by molar-refractivity contribution is 5.84. The molecule has 1 aromatic carbocycles. The van der Waals surface area contributed by atoms with Gasteiger partial charge in [-0.25, -0.2) is 4.79 Å². The second-order valence-corrected chi connectivity index (χ2v) is 6.25. The Morgan fingerprint density at radius 2 is 2.10 bits per heavy atom. The molecule has 1 aliphatic heterocycles. The predicted molar refractivity (Wildman–Crippen MR) is 81.8 cm³/mol. The number of benzene rings is 1. The van der Waals surface area contributed by atoms with Gasteiger partial charge in [-0.2, -0.15) is 0 Å². The lowest BCUT2D eigenvalue weighted by Gasteiger charge is -2.23. The van der Waals surface area contributed by atoms with Crippen molar-refractivity contribution in [1.82, 2.24) is 5.32 Å². The van der Waals surface area contributed by atoms with Crippen LogP contribution in [-0.2, 0) is 4.74 Å². The zero-order valence-corrected chi connectivity index (χ0v) is 12.8. The zero-order valence-electron chi connectivity index (χ0n) is 12.8. The molecule has 1 amide bonds. The minimum absolute atomic E-state index is 0.0413. The molecule has 1 aromatic rings. The molecule has 0 radical (unpaired) electrons. The third-order valence-electron chi connectivity index (χ3n) is 3.31. The molecule has 0 unspecified atom stereocenters. The van der Waals surface area contributed by atoms with Crippen LogP contribution in [0.1, 0.15) is 37.6 Å². The number of alkyl carbamates (subject to hydrolysis) is 1. The summed E-state index contributed by atoms with van der Waals surface area (Å²) in [7, 11) is 0. The number of rotatable bonds is 3. The second-order valence-electron chi connectivity index (χ2n) is 6.25. The average Bonchev–Trinajstić information content (AvgIpc) is 2.84. The van der Waals surface area contributed by atoms with Gasteiger partial charge < -0.3 is 15.0 Å². The monoisotopic (exact) mass is 290 g/mol. The maximum absolute atomic E-state index is 11.8. The Labute approximate surface area is 125 Å². The van der Waals surface area contributed by atoms with Gasteiger partial charge in [-0.3, -0.25) is 4.79 Å². The van der Waals surface area contributed by atoms with Gasteiger partial charge in [0.1, 0.15) is 5.60 Å². The van der Waals surface area contributed by atoms with Gasteiger partial charge in [-0.05, 0) is 39.3 Å². The summed E-state index contributed by atoms with van der Waals surface area (Å²) in [5.41, 5.74) is 1.10. The number of carbonyl (C=O) groups is 2. The van der Waals surface area contributed by atoms with E-state index in [2.05, 4.69) is 10.2 Å². The summed E-state index contributed by atoms with van der Waals surface area (Å²) in [4.78, 5) is 25.0. The van der Waals surface area contributed by atoms with Crippen molar-refractivity contribution in [2.24, 2.45) is 0 Å². The van der Waals surface area contributed by atoms with Crippen LogP contribution in [0.15, 0.2) is 24.3 Å². The molecule has 2 rings (SSSR count). The van der Waals surface area contributed by atoms with Crippen molar-refractivity contribution in [3.05, 3.63) is 29.8 Å². The highest BCUT2D eigenvalue weighted by Gasteiger charge is 2.27. The lowest BCUT2D eigenvalue weighted by Crippen LogP contribution is -2.40. The highest BCUT2D eigenvalue weighted by Crippen LogP contribution is 2.23. The first-order valence-corrected chi connectivity index (χ1v) is 7.18. The fraction of sp³-hybridized carbons (Fsp3) is 0.500. The fourth-order valence-corrected chi connectivity index (χ4v) is 2.45. The zero-order chi connectivity index (χ0) is 15.5. The van der Waals surface area contributed by atoms with Crippen LogP contribution in [-0.4, -0.2) is 37.1 Å². The Kier molecular flexibility index (Phi) is 4.50. The molecule has 0 aliphatic carbocycles. The van der Waals surface area contributed by atoms with E-state index in [4.69, 9.17) is 4.74 Å². The van der Waals surface area contributed by atoms with Crippen LogP contribution in [0.25, 0.3) is 0 Å². The smallest absolute Gasteiger partial charge is 0.407 e. The molecule has 0 spiro atoms. The largest absolute Gasteiger partial charge is 0.444 e. The highest BCUT2D eigenvalue weighted by atomic mass is 16.6. The summed E-state index contributed by atoms with van der Waals surface area (Å²) in [5.74, 6) is 0. The second kappa shape index (κ2) is 6.16. The Hall–Kier alpha value is -2.04. The number of para-hydroxylation sites is 1. The quantitative estimate of drug-likeness (QED) is 0.869. The van der Waals surface area contributed by atoms with Gasteiger partial charge in [0.25, 0.3) is 0 Å². The number of hydrogen-bond acceptors (Lipinski definition) is 4. The number of nitrogens with zero attached hydrogens (tertiary/aromatic N) is 1. The first-order chi connectivity index (χ1) is 9.89. The van der Waals surface area contributed by atoms with Gasteiger partial charge in [0.15, 0.2) is 6.29 Å². The molecule has 1 atom stereocenters. The van der Waals surface area contributed by atoms with Gasteiger partial charge in [0.05, 0.1) is 6.04 Å². The molecule has 0 aromatic heterocycles. The minimum Gasteiger partial charge on any atom is -0.444 e. The normalized spacial score (nSPS) is 18.4. The van der Waals surface area contributed by atoms with E-state index in [1.165, 1.54) is 0 Å². The van der Waals surface area contributed by atoms with Gasteiger partial charge >= 0.3 is 6.09 Å². The average molecular weight is 290 g/mol. The minimum atomic E-state index is -0.494. The van der Waals surface area contributed by atoms with Crippen molar-refractivity contribution in [2.45, 2.75) is 38.8 Å². The Morgan fingerprint density at radius 1 is 1.38 bits per heavy atom. The van der Waals surface area contributed by atoms with Crippen LogP contribution in [0, 0.1) is 0 Å². The topological polar surface area (TPSA) is 58.6 Å². The molecule has 0 bridgehead atoms. The maximum atomic E-state index is 11.8. The van der Waals surface area contributed by atoms with E-state index in [9.17, 15) is 9.59 Å². The van der Waals surface area contributed by atoms with Crippen molar-refractivity contribution in [1.29, 1.82) is 0 Å². The number of nitrogens with one attached hydrogen (secondary N) is 1. The number of ether oxygens (including phenoxy) is 1. The molecule has 1 fully saturated rings. The summed E-state index contributed by atoms with van der Waals surface area (Å²) < 4.78 is 5.26. The third kappa shape index (κ3) is 4.21. The number of hydrogen-bond donors (Lipinski definition) is 1. The number of anilines is 1. The molecule has 1 heterocycles. The SMILES string of the molecule is CC(C)(C)OC(=O)N[C@H]1CCN(c2ccccc2C=O)C1. The molecule has 5 heteroatoms. The Bertz CT molecular complexity index is 522. The van der Waals surface area contributed by atoms with Crippen molar-refractivity contribution in [3.63, 3.8) is 0 Å². The molecule has 21 heavy (non-hydrogen) atoms. The lowest BCUT2D eigenvalue weighted by molar-refractivity contribution is 0.0509. The van der Waals surface area contributed by atoms with E-state index in [-0.39, 0.29) is 6.04 Å². The first-order valence-electron chi connectivity index (χ1n) is 7.18. The van der Waals surface area contributed by atoms with Crippen LogP contribution >= 0.6 is 0 Å². The van der Waals surface area contributed by atoms with Gasteiger partial charge in [-0.1, -0.05) is 12.1 Å². The standard InChI is InChI=1S/C16H22N2O3/c1-16(2,3)21-15(20)17-13-8-9-18(10-13)14-7-5-4-6-12(14)11-19/h4-7,11,13H,8-10H2,1-3H3,(H,17,20)/t13-/m0/s1. The van der Waals surface area contributed by atoms with Crippen molar-refractivity contribution >= 4 is 18.1 Å². The van der Waals surface area contributed by atoms with E-state index in [0.717, 1.165) is 24.9 Å². The van der Waals surface area contributed by atoms with Crippen LogP contribution in [0.3, 0.4) is 0 Å². The van der Waals surface area contributed by atoms with E-state index >= 15 is 0 Å². The molecular weight excluding hydrogens is 268 g/mol.